The molecule has 3 aromatic carbocycles. The number of carbonyl (C=O) groups excluding carboxylic acids is 2. The molecule has 0 radical (unpaired) electrons. The smallest absolute Gasteiger partial charge is 0.240 e. The summed E-state index contributed by atoms with van der Waals surface area (Å²) in [6, 6.07) is 24.9. The lowest BCUT2D eigenvalue weighted by Gasteiger charge is -2.09. The number of nitrogens with zero attached hydrogens (tertiary/aromatic N) is 2. The van der Waals surface area contributed by atoms with Crippen LogP contribution in [0.1, 0.15) is 23.1 Å². The zero-order valence-electron chi connectivity index (χ0n) is 19.7. The van der Waals surface area contributed by atoms with Crippen LogP contribution in [0, 0.1) is 0 Å². The van der Waals surface area contributed by atoms with E-state index in [1.807, 2.05) is 72.8 Å². The van der Waals surface area contributed by atoms with Crippen molar-refractivity contribution in [3.8, 4) is 11.5 Å². The third-order valence-electron chi connectivity index (χ3n) is 5.28. The van der Waals surface area contributed by atoms with Crippen molar-refractivity contribution >= 4 is 35.0 Å². The molecule has 0 bridgehead atoms. The Morgan fingerprint density at radius 1 is 1.06 bits per heavy atom. The van der Waals surface area contributed by atoms with Crippen molar-refractivity contribution in [3.63, 3.8) is 0 Å². The van der Waals surface area contributed by atoms with Gasteiger partial charge in [0, 0.05) is 24.6 Å². The Kier molecular flexibility index (Phi) is 8.72. The highest BCUT2D eigenvalue weighted by Crippen LogP contribution is 2.25. The van der Waals surface area contributed by atoms with E-state index in [1.54, 1.807) is 19.4 Å². The number of methoxy groups -OCH3 is 1. The van der Waals surface area contributed by atoms with Crippen molar-refractivity contribution in [2.24, 2.45) is 10.2 Å². The lowest BCUT2D eigenvalue weighted by atomic mass is 10.2. The van der Waals surface area contributed by atoms with Gasteiger partial charge in [-0.3, -0.25) is 9.59 Å². The van der Waals surface area contributed by atoms with Crippen LogP contribution in [0.4, 0.5) is 0 Å². The lowest BCUT2D eigenvalue weighted by molar-refractivity contribution is -0.125. The Balaban J connectivity index is 1.29. The van der Waals surface area contributed by atoms with E-state index in [0.717, 1.165) is 11.1 Å². The summed E-state index contributed by atoms with van der Waals surface area (Å²) < 4.78 is 11.3. The summed E-state index contributed by atoms with van der Waals surface area (Å²) in [5.74, 6) is 0.795. The van der Waals surface area contributed by atoms with E-state index in [0.29, 0.717) is 35.4 Å². The first-order chi connectivity index (χ1) is 17.6. The van der Waals surface area contributed by atoms with Crippen LogP contribution in [0.25, 0.3) is 0 Å². The van der Waals surface area contributed by atoms with E-state index in [1.165, 1.54) is 11.8 Å². The molecule has 1 aliphatic rings. The molecular weight excluding hydrogens is 476 g/mol. The van der Waals surface area contributed by atoms with Gasteiger partial charge in [0.15, 0.2) is 5.17 Å². The van der Waals surface area contributed by atoms with E-state index < -0.39 is 5.25 Å². The fraction of sp³-hybridized carbons (Fsp3) is 0.185. The highest BCUT2D eigenvalue weighted by Gasteiger charge is 2.32. The van der Waals surface area contributed by atoms with Crippen LogP contribution in [0.15, 0.2) is 89.1 Å². The normalized spacial score (nSPS) is 16.2. The fourth-order valence-corrected chi connectivity index (χ4v) is 4.32. The Bertz CT molecular complexity index is 1250. The van der Waals surface area contributed by atoms with E-state index >= 15 is 0 Å². The average Bonchev–Trinajstić information content (AvgIpc) is 3.26. The highest BCUT2D eigenvalue weighted by atomic mass is 32.2. The Morgan fingerprint density at radius 2 is 1.78 bits per heavy atom. The molecule has 184 valence electrons. The molecule has 0 saturated carbocycles. The zero-order valence-corrected chi connectivity index (χ0v) is 20.5. The van der Waals surface area contributed by atoms with Crippen molar-refractivity contribution in [1.29, 1.82) is 0 Å². The summed E-state index contributed by atoms with van der Waals surface area (Å²) in [5, 5.41) is 13.5. The molecule has 0 aromatic heterocycles. The molecule has 1 heterocycles. The van der Waals surface area contributed by atoms with Gasteiger partial charge in [-0.1, -0.05) is 72.4 Å². The molecule has 1 saturated heterocycles. The van der Waals surface area contributed by atoms with Crippen molar-refractivity contribution in [2.75, 3.05) is 7.11 Å². The largest absolute Gasteiger partial charge is 0.496 e. The standard InChI is InChI=1S/C27H26N4O4S/c1-34-23-14-22(35-18-20-10-6-3-7-11-20)13-12-21(23)17-29-31-27-30-26(33)24(36-27)15-25(32)28-16-19-8-4-2-5-9-19/h2-14,17,24H,15-16,18H2,1H3,(H,28,32)(H,30,31,33)/b29-17-/t24-/m0/s1. The SMILES string of the molecule is COc1cc(OCc2ccccc2)ccc1/C=N\N=C1/NC(=O)[C@H](CC(=O)NCc2ccccc2)S1. The molecule has 9 heteroatoms. The number of carbonyl (C=O) groups is 2. The van der Waals surface area contributed by atoms with Gasteiger partial charge in [0.05, 0.1) is 13.3 Å². The van der Waals surface area contributed by atoms with E-state index in [9.17, 15) is 9.59 Å². The van der Waals surface area contributed by atoms with Gasteiger partial charge in [0.2, 0.25) is 11.8 Å². The summed E-state index contributed by atoms with van der Waals surface area (Å²) in [7, 11) is 1.57. The molecule has 2 N–H and O–H groups in total. The number of amides is 2. The van der Waals surface area contributed by atoms with Crippen molar-refractivity contribution in [2.45, 2.75) is 24.8 Å². The second-order valence-corrected chi connectivity index (χ2v) is 9.08. The Labute approximate surface area is 213 Å². The van der Waals surface area contributed by atoms with Crippen LogP contribution in [-0.2, 0) is 22.7 Å². The predicted molar refractivity (Wildman–Crippen MR) is 141 cm³/mol. The van der Waals surface area contributed by atoms with E-state index in [-0.39, 0.29) is 18.2 Å². The molecule has 1 aliphatic heterocycles. The number of ether oxygens (including phenoxy) is 2. The molecule has 8 nitrogen and oxygen atoms in total. The minimum Gasteiger partial charge on any atom is -0.496 e. The van der Waals surface area contributed by atoms with Gasteiger partial charge in [-0.05, 0) is 23.3 Å². The maximum atomic E-state index is 12.3. The number of hydrogen-bond acceptors (Lipinski definition) is 7. The number of benzene rings is 3. The van der Waals surface area contributed by atoms with Crippen molar-refractivity contribution in [3.05, 3.63) is 95.6 Å². The maximum absolute atomic E-state index is 12.3. The molecule has 1 atom stereocenters. The third-order valence-corrected chi connectivity index (χ3v) is 6.35. The van der Waals surface area contributed by atoms with Gasteiger partial charge < -0.3 is 20.1 Å². The topological polar surface area (TPSA) is 101 Å². The molecule has 36 heavy (non-hydrogen) atoms. The number of amidine groups is 1. The summed E-state index contributed by atoms with van der Waals surface area (Å²) in [5.41, 5.74) is 2.78. The highest BCUT2D eigenvalue weighted by molar-refractivity contribution is 8.15. The lowest BCUT2D eigenvalue weighted by Crippen LogP contribution is -2.31. The van der Waals surface area contributed by atoms with Gasteiger partial charge in [-0.2, -0.15) is 5.10 Å². The van der Waals surface area contributed by atoms with Crippen LogP contribution in [0.3, 0.4) is 0 Å². The second-order valence-electron chi connectivity index (χ2n) is 7.89. The first kappa shape index (κ1) is 25.0. The van der Waals surface area contributed by atoms with E-state index in [2.05, 4.69) is 20.8 Å². The summed E-state index contributed by atoms with van der Waals surface area (Å²) in [4.78, 5) is 24.5. The molecule has 0 spiro atoms. The van der Waals surface area contributed by atoms with Crippen LogP contribution in [-0.4, -0.2) is 35.6 Å². The molecule has 3 aromatic rings. The van der Waals surface area contributed by atoms with Crippen molar-refractivity contribution in [1.82, 2.24) is 10.6 Å². The predicted octanol–water partition coefficient (Wildman–Crippen LogP) is 3.90. The molecule has 1 fully saturated rings. The Hall–Kier alpha value is -4.11. The van der Waals surface area contributed by atoms with Crippen LogP contribution < -0.4 is 20.1 Å². The summed E-state index contributed by atoms with van der Waals surface area (Å²) in [6.45, 7) is 0.870. The van der Waals surface area contributed by atoms with Crippen LogP contribution in [0.2, 0.25) is 0 Å². The minimum absolute atomic E-state index is 0.0599. The number of hydrogen-bond donors (Lipinski definition) is 2. The molecule has 0 unspecified atom stereocenters. The molecular formula is C27H26N4O4S. The van der Waals surface area contributed by atoms with E-state index in [4.69, 9.17) is 9.47 Å². The van der Waals surface area contributed by atoms with Gasteiger partial charge in [0.25, 0.3) is 0 Å². The zero-order chi connectivity index (χ0) is 25.2. The van der Waals surface area contributed by atoms with Crippen LogP contribution >= 0.6 is 11.8 Å². The van der Waals surface area contributed by atoms with Gasteiger partial charge in [-0.15, -0.1) is 5.10 Å². The molecule has 4 rings (SSSR count). The number of thioether (sulfide) groups is 1. The summed E-state index contributed by atoms with van der Waals surface area (Å²) in [6.07, 6.45) is 1.60. The third kappa shape index (κ3) is 7.19. The molecule has 0 aliphatic carbocycles. The first-order valence-corrected chi connectivity index (χ1v) is 12.2. The quantitative estimate of drug-likeness (QED) is 0.323. The van der Waals surface area contributed by atoms with Gasteiger partial charge >= 0.3 is 0 Å². The van der Waals surface area contributed by atoms with Crippen LogP contribution in [0.5, 0.6) is 11.5 Å². The first-order valence-electron chi connectivity index (χ1n) is 11.3. The Morgan fingerprint density at radius 3 is 2.50 bits per heavy atom. The monoisotopic (exact) mass is 502 g/mol. The van der Waals surface area contributed by atoms with Gasteiger partial charge in [0.1, 0.15) is 23.4 Å². The number of rotatable bonds is 10. The fourth-order valence-electron chi connectivity index (χ4n) is 3.40. The second kappa shape index (κ2) is 12.6. The molecule has 2 amide bonds. The number of nitrogens with one attached hydrogen (secondary N) is 2. The average molecular weight is 503 g/mol. The summed E-state index contributed by atoms with van der Waals surface area (Å²) >= 11 is 1.18. The van der Waals surface area contributed by atoms with Crippen molar-refractivity contribution < 1.29 is 19.1 Å². The minimum atomic E-state index is -0.551. The van der Waals surface area contributed by atoms with Gasteiger partial charge in [-0.25, -0.2) is 0 Å². The maximum Gasteiger partial charge on any atom is 0.240 e.